The number of rotatable bonds is 5. The third-order valence-corrected chi connectivity index (χ3v) is 1.60. The molecule has 0 radical (unpaired) electrons. The Labute approximate surface area is 82.0 Å². The first kappa shape index (κ1) is 14.7. The van der Waals surface area contributed by atoms with Crippen LogP contribution < -0.4 is 0 Å². The first-order valence-electron chi connectivity index (χ1n) is 4.95. The van der Waals surface area contributed by atoms with Gasteiger partial charge in [-0.3, -0.25) is 4.79 Å². The molecular weight excluding hydrogens is 164 g/mol. The first-order chi connectivity index (χ1) is 6.20. The number of hydrogen-bond donors (Lipinski definition) is 0. The van der Waals surface area contributed by atoms with Gasteiger partial charge in [0.2, 0.25) is 0 Å². The Morgan fingerprint density at radius 2 is 2.08 bits per heavy atom. The number of carbonyl (C=O) groups is 1. The fourth-order valence-corrected chi connectivity index (χ4v) is 0.823. The van der Waals surface area contributed by atoms with E-state index >= 15 is 0 Å². The van der Waals surface area contributed by atoms with E-state index < -0.39 is 0 Å². The Hall–Kier alpha value is -0.790. The van der Waals surface area contributed by atoms with Crippen LogP contribution in [0.25, 0.3) is 0 Å². The van der Waals surface area contributed by atoms with Gasteiger partial charge in [0, 0.05) is 6.92 Å². The van der Waals surface area contributed by atoms with Crippen molar-refractivity contribution in [2.24, 2.45) is 5.92 Å². The van der Waals surface area contributed by atoms with E-state index in [0.717, 1.165) is 12.8 Å². The Balaban J connectivity index is 0. The summed E-state index contributed by atoms with van der Waals surface area (Å²) < 4.78 is 4.86. The van der Waals surface area contributed by atoms with Crippen molar-refractivity contribution in [2.45, 2.75) is 40.5 Å². The molecule has 0 aromatic rings. The molecule has 0 aromatic carbocycles. The van der Waals surface area contributed by atoms with Crippen molar-refractivity contribution in [2.75, 3.05) is 6.61 Å². The molecule has 0 saturated heterocycles. The smallest absolute Gasteiger partial charge is 0.302 e. The monoisotopic (exact) mass is 186 g/mol. The van der Waals surface area contributed by atoms with E-state index in [4.69, 9.17) is 4.74 Å². The van der Waals surface area contributed by atoms with E-state index in [0.29, 0.717) is 12.5 Å². The summed E-state index contributed by atoms with van der Waals surface area (Å²) in [5.74, 6) is 0.240. The van der Waals surface area contributed by atoms with Gasteiger partial charge in [-0.05, 0) is 18.8 Å². The molecule has 13 heavy (non-hydrogen) atoms. The highest BCUT2D eigenvalue weighted by atomic mass is 16.5. The molecule has 2 nitrogen and oxygen atoms in total. The Morgan fingerprint density at radius 1 is 1.54 bits per heavy atom. The summed E-state index contributed by atoms with van der Waals surface area (Å²) in [6, 6.07) is 0. The molecule has 0 N–H and O–H groups in total. The molecule has 0 aliphatic carbocycles. The van der Waals surface area contributed by atoms with Crippen molar-refractivity contribution in [1.82, 2.24) is 0 Å². The number of hydrogen-bond acceptors (Lipinski definition) is 2. The molecule has 78 valence electrons. The minimum atomic E-state index is -0.201. The Kier molecular flexibility index (Phi) is 12.7. The molecule has 0 saturated carbocycles. The molecule has 0 aliphatic rings. The van der Waals surface area contributed by atoms with Crippen LogP contribution in [0.2, 0.25) is 0 Å². The van der Waals surface area contributed by atoms with Crippen LogP contribution in [-0.4, -0.2) is 12.6 Å². The molecule has 0 spiro atoms. The number of ether oxygens (including phenoxy) is 1. The van der Waals surface area contributed by atoms with E-state index in [9.17, 15) is 4.79 Å². The normalized spacial score (nSPS) is 10.8. The minimum absolute atomic E-state index is 0.201. The third kappa shape index (κ3) is 11.2. The molecule has 0 heterocycles. The lowest BCUT2D eigenvalue weighted by Crippen LogP contribution is -2.10. The maximum absolute atomic E-state index is 10.4. The fourth-order valence-electron chi connectivity index (χ4n) is 0.823. The Morgan fingerprint density at radius 3 is 2.38 bits per heavy atom. The maximum Gasteiger partial charge on any atom is 0.302 e. The van der Waals surface area contributed by atoms with Crippen LogP contribution in [-0.2, 0) is 9.53 Å². The average Bonchev–Trinajstić information content (AvgIpc) is 2.15. The third-order valence-electron chi connectivity index (χ3n) is 1.60. The number of esters is 1. The van der Waals surface area contributed by atoms with Crippen LogP contribution in [0.3, 0.4) is 0 Å². The zero-order valence-corrected chi connectivity index (χ0v) is 9.30. The highest BCUT2D eigenvalue weighted by Gasteiger charge is 2.05. The van der Waals surface area contributed by atoms with Gasteiger partial charge >= 0.3 is 5.97 Å². The van der Waals surface area contributed by atoms with Crippen molar-refractivity contribution in [3.05, 3.63) is 12.7 Å². The second kappa shape index (κ2) is 11.2. The Bertz CT molecular complexity index is 130. The lowest BCUT2D eigenvalue weighted by molar-refractivity contribution is -0.142. The van der Waals surface area contributed by atoms with Crippen LogP contribution in [0, 0.1) is 5.92 Å². The van der Waals surface area contributed by atoms with E-state index in [1.54, 1.807) is 0 Å². The molecule has 0 bridgehead atoms. The van der Waals surface area contributed by atoms with Crippen molar-refractivity contribution in [3.8, 4) is 0 Å². The van der Waals surface area contributed by atoms with Crippen molar-refractivity contribution in [3.63, 3.8) is 0 Å². The molecule has 1 unspecified atom stereocenters. The fraction of sp³-hybridized carbons (Fsp3) is 0.727. The quantitative estimate of drug-likeness (QED) is 0.487. The summed E-state index contributed by atoms with van der Waals surface area (Å²) in [5, 5.41) is 0. The number of allylic oxidation sites excluding steroid dienone is 1. The van der Waals surface area contributed by atoms with Crippen LogP contribution >= 0.6 is 0 Å². The lowest BCUT2D eigenvalue weighted by atomic mass is 10.0. The predicted molar refractivity (Wildman–Crippen MR) is 56.6 cm³/mol. The standard InChI is InChI=1S/C9H16O2.C2H6/c1-4-6-9(5-2)7-11-8(3)10;1-2/h4,9H,1,5-7H2,2-3H3;1-2H3. The highest BCUT2D eigenvalue weighted by molar-refractivity contribution is 5.65. The topological polar surface area (TPSA) is 26.3 Å². The van der Waals surface area contributed by atoms with Gasteiger partial charge in [0.05, 0.1) is 6.61 Å². The zero-order chi connectivity index (χ0) is 10.7. The maximum atomic E-state index is 10.4. The molecule has 0 aliphatic heterocycles. The first-order valence-corrected chi connectivity index (χ1v) is 4.95. The van der Waals surface area contributed by atoms with Crippen LogP contribution in [0.5, 0.6) is 0 Å². The molecule has 0 rings (SSSR count). The van der Waals surface area contributed by atoms with Gasteiger partial charge in [-0.25, -0.2) is 0 Å². The van der Waals surface area contributed by atoms with E-state index in [1.807, 2.05) is 19.9 Å². The van der Waals surface area contributed by atoms with Crippen LogP contribution in [0.1, 0.15) is 40.5 Å². The van der Waals surface area contributed by atoms with Gasteiger partial charge in [-0.2, -0.15) is 0 Å². The minimum Gasteiger partial charge on any atom is -0.466 e. The molecule has 0 amide bonds. The molecule has 2 heteroatoms. The van der Waals surface area contributed by atoms with Gasteiger partial charge in [0.1, 0.15) is 0 Å². The van der Waals surface area contributed by atoms with Crippen molar-refractivity contribution in [1.29, 1.82) is 0 Å². The molecular formula is C11H22O2. The molecule has 0 aromatic heterocycles. The predicted octanol–water partition coefficient (Wildman–Crippen LogP) is 3.18. The summed E-state index contributed by atoms with van der Waals surface area (Å²) in [7, 11) is 0. The van der Waals surface area contributed by atoms with Crippen LogP contribution in [0.15, 0.2) is 12.7 Å². The second-order valence-electron chi connectivity index (χ2n) is 2.60. The molecule has 1 atom stereocenters. The van der Waals surface area contributed by atoms with Gasteiger partial charge in [0.15, 0.2) is 0 Å². The van der Waals surface area contributed by atoms with Gasteiger partial charge in [-0.1, -0.05) is 26.8 Å². The summed E-state index contributed by atoms with van der Waals surface area (Å²) >= 11 is 0. The lowest BCUT2D eigenvalue weighted by Gasteiger charge is -2.11. The van der Waals surface area contributed by atoms with E-state index in [-0.39, 0.29) is 5.97 Å². The largest absolute Gasteiger partial charge is 0.466 e. The summed E-state index contributed by atoms with van der Waals surface area (Å²) in [6.45, 7) is 11.7. The molecule has 0 fully saturated rings. The van der Waals surface area contributed by atoms with E-state index in [2.05, 4.69) is 13.5 Å². The SMILES string of the molecule is C=CCC(CC)COC(C)=O.CC. The van der Waals surface area contributed by atoms with Crippen molar-refractivity contribution < 1.29 is 9.53 Å². The van der Waals surface area contributed by atoms with E-state index in [1.165, 1.54) is 6.92 Å². The summed E-state index contributed by atoms with van der Waals surface area (Å²) in [6.07, 6.45) is 3.81. The van der Waals surface area contributed by atoms with Gasteiger partial charge in [-0.15, -0.1) is 6.58 Å². The summed E-state index contributed by atoms with van der Waals surface area (Å²) in [4.78, 5) is 10.4. The van der Waals surface area contributed by atoms with Crippen LogP contribution in [0.4, 0.5) is 0 Å². The van der Waals surface area contributed by atoms with Gasteiger partial charge < -0.3 is 4.74 Å². The summed E-state index contributed by atoms with van der Waals surface area (Å²) in [5.41, 5.74) is 0. The van der Waals surface area contributed by atoms with Crippen molar-refractivity contribution >= 4 is 5.97 Å². The second-order valence-corrected chi connectivity index (χ2v) is 2.60. The number of carbonyl (C=O) groups excluding carboxylic acids is 1. The highest BCUT2D eigenvalue weighted by Crippen LogP contribution is 2.08. The zero-order valence-electron chi connectivity index (χ0n) is 9.30. The average molecular weight is 186 g/mol. The van der Waals surface area contributed by atoms with Gasteiger partial charge in [0.25, 0.3) is 0 Å².